The number of rotatable bonds is 6. The number of nitrogens with zero attached hydrogens (tertiary/aromatic N) is 5. The van der Waals surface area contributed by atoms with E-state index in [1.165, 1.54) is 6.20 Å². The van der Waals surface area contributed by atoms with Gasteiger partial charge in [-0.25, -0.2) is 15.0 Å². The van der Waals surface area contributed by atoms with Crippen molar-refractivity contribution in [2.45, 2.75) is 0 Å². The van der Waals surface area contributed by atoms with Crippen molar-refractivity contribution in [3.8, 4) is 16.9 Å². The highest BCUT2D eigenvalue weighted by atomic mass is 16.1. The zero-order chi connectivity index (χ0) is 22.5. The Bertz CT molecular complexity index is 1370. The van der Waals surface area contributed by atoms with Crippen molar-refractivity contribution in [2.75, 3.05) is 10.6 Å². The van der Waals surface area contributed by atoms with Gasteiger partial charge in [0.2, 0.25) is 5.95 Å². The molecule has 3 aromatic heterocycles. The zero-order valence-corrected chi connectivity index (χ0v) is 17.5. The SMILES string of the molecule is O=C(Nc1cccc(Nc2nccc(-c3ccc(-n4ccnc4)cc3)n2)c1)c1cccnc1. The molecule has 5 aromatic rings. The molecule has 8 nitrogen and oxygen atoms in total. The molecular weight excluding hydrogens is 414 g/mol. The lowest BCUT2D eigenvalue weighted by Gasteiger charge is -2.10. The first kappa shape index (κ1) is 20.1. The second-order valence-corrected chi connectivity index (χ2v) is 7.18. The van der Waals surface area contributed by atoms with Gasteiger partial charge in [0.25, 0.3) is 5.91 Å². The van der Waals surface area contributed by atoms with E-state index < -0.39 is 0 Å². The van der Waals surface area contributed by atoms with Crippen molar-refractivity contribution < 1.29 is 4.79 Å². The van der Waals surface area contributed by atoms with E-state index in [0.717, 1.165) is 22.6 Å². The number of carbonyl (C=O) groups is 1. The molecule has 0 aliphatic rings. The number of anilines is 3. The highest BCUT2D eigenvalue weighted by Gasteiger charge is 2.08. The molecule has 2 N–H and O–H groups in total. The summed E-state index contributed by atoms with van der Waals surface area (Å²) in [6, 6.07) is 20.7. The van der Waals surface area contributed by atoms with Crippen molar-refractivity contribution in [3.63, 3.8) is 0 Å². The van der Waals surface area contributed by atoms with E-state index in [1.54, 1.807) is 37.1 Å². The summed E-state index contributed by atoms with van der Waals surface area (Å²) in [7, 11) is 0. The van der Waals surface area contributed by atoms with Gasteiger partial charge in [-0.2, -0.15) is 0 Å². The molecule has 1 amide bonds. The minimum absolute atomic E-state index is 0.224. The minimum atomic E-state index is -0.224. The summed E-state index contributed by atoms with van der Waals surface area (Å²) in [6.45, 7) is 0. The van der Waals surface area contributed by atoms with Gasteiger partial charge in [-0.05, 0) is 48.5 Å². The van der Waals surface area contributed by atoms with Crippen LogP contribution in [0.25, 0.3) is 16.9 Å². The number of hydrogen-bond donors (Lipinski definition) is 2. The first-order valence-electron chi connectivity index (χ1n) is 10.2. The maximum absolute atomic E-state index is 12.4. The topological polar surface area (TPSA) is 97.6 Å². The normalized spacial score (nSPS) is 10.5. The first-order valence-corrected chi connectivity index (χ1v) is 10.2. The molecule has 0 fully saturated rings. The Labute approximate surface area is 190 Å². The molecule has 0 saturated heterocycles. The summed E-state index contributed by atoms with van der Waals surface area (Å²) in [5, 5.41) is 6.08. The van der Waals surface area contributed by atoms with E-state index >= 15 is 0 Å². The van der Waals surface area contributed by atoms with Gasteiger partial charge < -0.3 is 15.2 Å². The van der Waals surface area contributed by atoms with Crippen LogP contribution in [-0.2, 0) is 0 Å². The lowest BCUT2D eigenvalue weighted by Crippen LogP contribution is -2.12. The van der Waals surface area contributed by atoms with Gasteiger partial charge in [0, 0.05) is 53.6 Å². The van der Waals surface area contributed by atoms with Gasteiger partial charge in [-0.3, -0.25) is 9.78 Å². The third kappa shape index (κ3) is 4.75. The number of hydrogen-bond acceptors (Lipinski definition) is 6. The van der Waals surface area contributed by atoms with Crippen LogP contribution in [0.3, 0.4) is 0 Å². The number of pyridine rings is 1. The predicted molar refractivity (Wildman–Crippen MR) is 127 cm³/mol. The molecule has 0 aliphatic carbocycles. The zero-order valence-electron chi connectivity index (χ0n) is 17.5. The Morgan fingerprint density at radius 2 is 1.73 bits per heavy atom. The molecule has 0 aliphatic heterocycles. The summed E-state index contributed by atoms with van der Waals surface area (Å²) in [4.78, 5) is 29.4. The van der Waals surface area contributed by atoms with Crippen LogP contribution in [0.4, 0.5) is 17.3 Å². The van der Waals surface area contributed by atoms with Crippen LogP contribution < -0.4 is 10.6 Å². The number of imidazole rings is 1. The third-order valence-electron chi connectivity index (χ3n) is 4.92. The van der Waals surface area contributed by atoms with Crippen LogP contribution in [0.15, 0.2) is 104 Å². The average Bonchev–Trinajstić information content (AvgIpc) is 3.40. The first-order chi connectivity index (χ1) is 16.2. The standard InChI is InChI=1S/C25H19N7O/c33-24(19-3-2-11-26-16-19)29-20-4-1-5-21(15-20)30-25-28-12-10-23(31-25)18-6-8-22(9-7-18)32-14-13-27-17-32/h1-17H,(H,29,33)(H,28,30,31). The van der Waals surface area contributed by atoms with E-state index in [1.807, 2.05) is 65.4 Å². The number of aromatic nitrogens is 5. The summed E-state index contributed by atoms with van der Waals surface area (Å²) in [5.74, 6) is 0.236. The molecule has 0 bridgehead atoms. The van der Waals surface area contributed by atoms with Crippen molar-refractivity contribution in [1.29, 1.82) is 0 Å². The molecule has 0 saturated carbocycles. The quantitative estimate of drug-likeness (QED) is 0.402. The summed E-state index contributed by atoms with van der Waals surface area (Å²) in [5.41, 5.74) is 4.69. The lowest BCUT2D eigenvalue weighted by atomic mass is 10.1. The van der Waals surface area contributed by atoms with Crippen LogP contribution in [0.2, 0.25) is 0 Å². The summed E-state index contributed by atoms with van der Waals surface area (Å²) >= 11 is 0. The highest BCUT2D eigenvalue weighted by molar-refractivity contribution is 6.04. The van der Waals surface area contributed by atoms with Crippen LogP contribution >= 0.6 is 0 Å². The number of nitrogens with one attached hydrogen (secondary N) is 2. The fourth-order valence-electron chi connectivity index (χ4n) is 3.30. The number of amides is 1. The molecule has 0 spiro atoms. The third-order valence-corrected chi connectivity index (χ3v) is 4.92. The lowest BCUT2D eigenvalue weighted by molar-refractivity contribution is 0.102. The Balaban J connectivity index is 1.31. The molecule has 2 aromatic carbocycles. The monoisotopic (exact) mass is 433 g/mol. The summed E-state index contributed by atoms with van der Waals surface area (Å²) < 4.78 is 1.94. The largest absolute Gasteiger partial charge is 0.324 e. The van der Waals surface area contributed by atoms with Crippen molar-refractivity contribution in [3.05, 3.63) is 110 Å². The molecule has 0 radical (unpaired) electrons. The molecule has 33 heavy (non-hydrogen) atoms. The van der Waals surface area contributed by atoms with Crippen molar-refractivity contribution in [2.24, 2.45) is 0 Å². The van der Waals surface area contributed by atoms with E-state index in [2.05, 4.69) is 30.6 Å². The number of carbonyl (C=O) groups excluding carboxylic acids is 1. The minimum Gasteiger partial charge on any atom is -0.324 e. The highest BCUT2D eigenvalue weighted by Crippen LogP contribution is 2.22. The van der Waals surface area contributed by atoms with E-state index in [4.69, 9.17) is 0 Å². The second kappa shape index (κ2) is 9.11. The van der Waals surface area contributed by atoms with Crippen molar-refractivity contribution >= 4 is 23.2 Å². The van der Waals surface area contributed by atoms with Crippen LogP contribution in [0.5, 0.6) is 0 Å². The Morgan fingerprint density at radius 3 is 2.52 bits per heavy atom. The van der Waals surface area contributed by atoms with Crippen molar-refractivity contribution in [1.82, 2.24) is 24.5 Å². The van der Waals surface area contributed by atoms with Crippen LogP contribution in [-0.4, -0.2) is 30.4 Å². The Kier molecular flexibility index (Phi) is 5.54. The van der Waals surface area contributed by atoms with Gasteiger partial charge in [0.15, 0.2) is 0 Å². The van der Waals surface area contributed by atoms with E-state index in [0.29, 0.717) is 17.2 Å². The van der Waals surface area contributed by atoms with Gasteiger partial charge in [0.1, 0.15) is 0 Å². The number of benzene rings is 2. The van der Waals surface area contributed by atoms with Gasteiger partial charge in [-0.15, -0.1) is 0 Å². The maximum Gasteiger partial charge on any atom is 0.257 e. The molecule has 8 heteroatoms. The Morgan fingerprint density at radius 1 is 0.848 bits per heavy atom. The van der Waals surface area contributed by atoms with E-state index in [9.17, 15) is 4.79 Å². The van der Waals surface area contributed by atoms with Crippen LogP contribution in [0.1, 0.15) is 10.4 Å². The van der Waals surface area contributed by atoms with Gasteiger partial charge in [-0.1, -0.05) is 18.2 Å². The Hall–Kier alpha value is -4.85. The second-order valence-electron chi connectivity index (χ2n) is 7.18. The molecule has 0 atom stereocenters. The van der Waals surface area contributed by atoms with E-state index in [-0.39, 0.29) is 5.91 Å². The summed E-state index contributed by atoms with van der Waals surface area (Å²) in [6.07, 6.45) is 10.3. The van der Waals surface area contributed by atoms with Gasteiger partial charge in [0.05, 0.1) is 17.6 Å². The molecule has 3 heterocycles. The molecule has 160 valence electrons. The smallest absolute Gasteiger partial charge is 0.257 e. The molecular formula is C25H19N7O. The maximum atomic E-state index is 12.4. The molecule has 5 rings (SSSR count). The predicted octanol–water partition coefficient (Wildman–Crippen LogP) is 4.72. The molecule has 0 unspecified atom stereocenters. The fourth-order valence-corrected chi connectivity index (χ4v) is 3.30. The fraction of sp³-hybridized carbons (Fsp3) is 0. The van der Waals surface area contributed by atoms with Gasteiger partial charge >= 0.3 is 0 Å². The van der Waals surface area contributed by atoms with Crippen LogP contribution in [0, 0.1) is 0 Å². The average molecular weight is 433 g/mol.